The molecule has 0 radical (unpaired) electrons. The number of nitrogens with zero attached hydrogens (tertiary/aromatic N) is 3. The molecule has 1 N–H and O–H groups in total. The number of carboxylic acid groups (broad SMARTS) is 1. The van der Waals surface area contributed by atoms with Crippen LogP contribution < -0.4 is 0 Å². The first kappa shape index (κ1) is 12.4. The van der Waals surface area contributed by atoms with Crippen molar-refractivity contribution in [1.82, 2.24) is 14.7 Å². The van der Waals surface area contributed by atoms with Crippen LogP contribution in [0.5, 0.6) is 0 Å². The summed E-state index contributed by atoms with van der Waals surface area (Å²) in [5.41, 5.74) is 1.67. The molecule has 1 atom stereocenters. The lowest BCUT2D eigenvalue weighted by Crippen LogP contribution is -2.35. The Bertz CT molecular complexity index is 444. The van der Waals surface area contributed by atoms with E-state index in [2.05, 4.69) is 5.10 Å². The second-order valence-corrected chi connectivity index (χ2v) is 4.81. The van der Waals surface area contributed by atoms with Crippen LogP contribution in [0.25, 0.3) is 0 Å². The van der Waals surface area contributed by atoms with Gasteiger partial charge >= 0.3 is 5.97 Å². The molecule has 1 unspecified atom stereocenters. The predicted octanol–water partition coefficient (Wildman–Crippen LogP) is 1.43. The molecule has 1 fully saturated rings. The van der Waals surface area contributed by atoms with E-state index in [0.717, 1.165) is 24.4 Å². The monoisotopic (exact) mass is 257 g/mol. The third-order valence-corrected chi connectivity index (χ3v) is 3.75. The molecule has 0 spiro atoms. The summed E-state index contributed by atoms with van der Waals surface area (Å²) < 4.78 is 1.73. The van der Waals surface area contributed by atoms with Crippen LogP contribution in [-0.4, -0.2) is 38.3 Å². The standard InChI is InChI=1S/C11H16ClN3O2/c1-7-10(12)9(14(2)13-7)6-15-5-3-4-8(15)11(16)17/h8H,3-6H2,1-2H3,(H,16,17). The molecule has 0 saturated carbocycles. The molecule has 2 rings (SSSR count). The van der Waals surface area contributed by atoms with Crippen molar-refractivity contribution in [2.75, 3.05) is 6.54 Å². The molecule has 0 aliphatic carbocycles. The summed E-state index contributed by atoms with van der Waals surface area (Å²) in [5.74, 6) is -0.752. The Morgan fingerprint density at radius 1 is 1.65 bits per heavy atom. The van der Waals surface area contributed by atoms with Gasteiger partial charge in [-0.1, -0.05) is 11.6 Å². The Balaban J connectivity index is 2.18. The van der Waals surface area contributed by atoms with Gasteiger partial charge in [0.25, 0.3) is 0 Å². The zero-order valence-corrected chi connectivity index (χ0v) is 10.7. The molecule has 1 saturated heterocycles. The predicted molar refractivity (Wildman–Crippen MR) is 64.0 cm³/mol. The van der Waals surface area contributed by atoms with Crippen LogP contribution in [0.4, 0.5) is 0 Å². The molecule has 1 aromatic rings. The lowest BCUT2D eigenvalue weighted by Gasteiger charge is -2.21. The number of likely N-dealkylation sites (tertiary alicyclic amines) is 1. The first-order valence-electron chi connectivity index (χ1n) is 5.65. The highest BCUT2D eigenvalue weighted by atomic mass is 35.5. The van der Waals surface area contributed by atoms with Crippen molar-refractivity contribution in [2.24, 2.45) is 7.05 Å². The van der Waals surface area contributed by atoms with E-state index in [0.29, 0.717) is 18.0 Å². The fraction of sp³-hybridized carbons (Fsp3) is 0.636. The van der Waals surface area contributed by atoms with Crippen molar-refractivity contribution in [3.63, 3.8) is 0 Å². The summed E-state index contributed by atoms with van der Waals surface area (Å²) in [6.45, 7) is 3.20. The molecule has 0 aromatic carbocycles. The molecule has 1 aliphatic heterocycles. The molecule has 17 heavy (non-hydrogen) atoms. The number of carboxylic acids is 1. The summed E-state index contributed by atoms with van der Waals surface area (Å²) in [5, 5.41) is 14.0. The number of carbonyl (C=O) groups is 1. The molecule has 5 nitrogen and oxygen atoms in total. The fourth-order valence-electron chi connectivity index (χ4n) is 2.34. The molecule has 6 heteroatoms. The molecule has 94 valence electrons. The highest BCUT2D eigenvalue weighted by Crippen LogP contribution is 2.25. The summed E-state index contributed by atoms with van der Waals surface area (Å²) in [6.07, 6.45) is 1.63. The SMILES string of the molecule is Cc1nn(C)c(CN2CCCC2C(=O)O)c1Cl. The van der Waals surface area contributed by atoms with Crippen LogP contribution in [0, 0.1) is 6.92 Å². The Kier molecular flexibility index (Phi) is 3.40. The zero-order chi connectivity index (χ0) is 12.6. The first-order chi connectivity index (χ1) is 8.00. The maximum Gasteiger partial charge on any atom is 0.320 e. The van der Waals surface area contributed by atoms with Gasteiger partial charge in [-0.3, -0.25) is 14.4 Å². The van der Waals surface area contributed by atoms with E-state index in [9.17, 15) is 4.79 Å². The van der Waals surface area contributed by atoms with Crippen LogP contribution in [0.1, 0.15) is 24.2 Å². The van der Waals surface area contributed by atoms with Gasteiger partial charge in [0.05, 0.1) is 16.4 Å². The van der Waals surface area contributed by atoms with Crippen molar-refractivity contribution < 1.29 is 9.90 Å². The van der Waals surface area contributed by atoms with Gasteiger partial charge in [0.1, 0.15) is 6.04 Å². The first-order valence-corrected chi connectivity index (χ1v) is 6.03. The summed E-state index contributed by atoms with van der Waals surface area (Å²) >= 11 is 6.16. The van der Waals surface area contributed by atoms with E-state index in [1.54, 1.807) is 4.68 Å². The second kappa shape index (κ2) is 4.66. The lowest BCUT2D eigenvalue weighted by atomic mass is 10.2. The minimum absolute atomic E-state index is 0.388. The van der Waals surface area contributed by atoms with E-state index in [1.165, 1.54) is 0 Å². The number of hydrogen-bond donors (Lipinski definition) is 1. The van der Waals surface area contributed by atoms with Gasteiger partial charge in [-0.2, -0.15) is 5.10 Å². The van der Waals surface area contributed by atoms with Gasteiger partial charge in [0.2, 0.25) is 0 Å². The quantitative estimate of drug-likeness (QED) is 0.890. The lowest BCUT2D eigenvalue weighted by molar-refractivity contribution is -0.142. The van der Waals surface area contributed by atoms with Gasteiger partial charge in [-0.25, -0.2) is 0 Å². The van der Waals surface area contributed by atoms with E-state index in [4.69, 9.17) is 16.7 Å². The Hall–Kier alpha value is -1.07. The van der Waals surface area contributed by atoms with Gasteiger partial charge in [0.15, 0.2) is 0 Å². The summed E-state index contributed by atoms with van der Waals surface area (Å²) in [7, 11) is 1.83. The number of aryl methyl sites for hydroxylation is 2. The summed E-state index contributed by atoms with van der Waals surface area (Å²) in [6, 6.07) is -0.388. The van der Waals surface area contributed by atoms with E-state index >= 15 is 0 Å². The van der Waals surface area contributed by atoms with Crippen LogP contribution >= 0.6 is 11.6 Å². The Morgan fingerprint density at radius 3 is 2.88 bits per heavy atom. The number of halogens is 1. The largest absolute Gasteiger partial charge is 0.480 e. The normalized spacial score (nSPS) is 21.0. The van der Waals surface area contributed by atoms with Crippen molar-refractivity contribution in [2.45, 2.75) is 32.4 Å². The van der Waals surface area contributed by atoms with Gasteiger partial charge in [0, 0.05) is 13.6 Å². The zero-order valence-electron chi connectivity index (χ0n) is 9.98. The maximum absolute atomic E-state index is 11.1. The Morgan fingerprint density at radius 2 is 2.35 bits per heavy atom. The van der Waals surface area contributed by atoms with Crippen LogP contribution in [0.3, 0.4) is 0 Å². The van der Waals surface area contributed by atoms with Crippen molar-refractivity contribution in [1.29, 1.82) is 0 Å². The molecule has 0 amide bonds. The van der Waals surface area contributed by atoms with E-state index in [1.807, 2.05) is 18.9 Å². The van der Waals surface area contributed by atoms with Crippen molar-refractivity contribution >= 4 is 17.6 Å². The van der Waals surface area contributed by atoms with E-state index < -0.39 is 5.97 Å². The third kappa shape index (κ3) is 2.30. The molecule has 1 aromatic heterocycles. The summed E-state index contributed by atoms with van der Waals surface area (Å²) in [4.78, 5) is 13.0. The fourth-order valence-corrected chi connectivity index (χ4v) is 2.56. The Labute approximate surface area is 105 Å². The molecular formula is C11H16ClN3O2. The molecule has 2 heterocycles. The smallest absolute Gasteiger partial charge is 0.320 e. The minimum Gasteiger partial charge on any atom is -0.480 e. The highest BCUT2D eigenvalue weighted by molar-refractivity contribution is 6.31. The number of aromatic nitrogens is 2. The number of hydrogen-bond acceptors (Lipinski definition) is 3. The molecular weight excluding hydrogens is 242 g/mol. The van der Waals surface area contributed by atoms with Gasteiger partial charge < -0.3 is 5.11 Å². The van der Waals surface area contributed by atoms with Crippen molar-refractivity contribution in [3.05, 3.63) is 16.4 Å². The van der Waals surface area contributed by atoms with Crippen LogP contribution in [0.15, 0.2) is 0 Å². The second-order valence-electron chi connectivity index (χ2n) is 4.44. The van der Waals surface area contributed by atoms with Crippen molar-refractivity contribution in [3.8, 4) is 0 Å². The number of aliphatic carboxylic acids is 1. The molecule has 0 bridgehead atoms. The topological polar surface area (TPSA) is 58.4 Å². The minimum atomic E-state index is -0.752. The number of rotatable bonds is 3. The molecule has 1 aliphatic rings. The van der Waals surface area contributed by atoms with Crippen LogP contribution in [-0.2, 0) is 18.4 Å². The third-order valence-electron chi connectivity index (χ3n) is 3.26. The van der Waals surface area contributed by atoms with Gasteiger partial charge in [-0.05, 0) is 26.3 Å². The van der Waals surface area contributed by atoms with Gasteiger partial charge in [-0.15, -0.1) is 0 Å². The van der Waals surface area contributed by atoms with E-state index in [-0.39, 0.29) is 6.04 Å². The highest BCUT2D eigenvalue weighted by Gasteiger charge is 2.31. The van der Waals surface area contributed by atoms with Crippen LogP contribution in [0.2, 0.25) is 5.02 Å². The maximum atomic E-state index is 11.1. The average Bonchev–Trinajstić information content (AvgIpc) is 2.80. The average molecular weight is 258 g/mol.